The number of benzene rings is 2. The van der Waals surface area contributed by atoms with Crippen molar-refractivity contribution in [3.05, 3.63) is 65.5 Å². The van der Waals surface area contributed by atoms with Crippen molar-refractivity contribution in [1.29, 1.82) is 0 Å². The van der Waals surface area contributed by atoms with Gasteiger partial charge in [0.25, 0.3) is 5.91 Å². The molecule has 0 radical (unpaired) electrons. The molecule has 0 atom stereocenters. The molecule has 120 valence electrons. The lowest BCUT2D eigenvalue weighted by Crippen LogP contribution is -2.19. The summed E-state index contributed by atoms with van der Waals surface area (Å²) in [6.07, 6.45) is 2.32. The fourth-order valence-corrected chi connectivity index (χ4v) is 2.72. The van der Waals surface area contributed by atoms with Crippen molar-refractivity contribution >= 4 is 22.4 Å². The van der Waals surface area contributed by atoms with Gasteiger partial charge in [0.1, 0.15) is 5.69 Å². The largest absolute Gasteiger partial charge is 0.289 e. The molecular formula is C19H18N4O. The molecular weight excluding hydrogens is 300 g/mol. The molecule has 0 bridgehead atoms. The Morgan fingerprint density at radius 3 is 2.75 bits per heavy atom. The molecule has 3 aromatic rings. The van der Waals surface area contributed by atoms with Crippen LogP contribution >= 0.6 is 0 Å². The summed E-state index contributed by atoms with van der Waals surface area (Å²) in [4.78, 5) is 12.2. The molecule has 4 rings (SSSR count). The zero-order valence-electron chi connectivity index (χ0n) is 13.4. The number of carbonyl (C=O) groups excluding carboxylic acids is 1. The molecule has 0 saturated heterocycles. The topological polar surface area (TPSA) is 70.1 Å². The summed E-state index contributed by atoms with van der Waals surface area (Å²) in [5.41, 5.74) is 5.76. The SMILES string of the molecule is C/C(=N\NC(=O)c1cc(C2CC2)n[nH]1)c1ccc2ccccc2c1. The van der Waals surface area contributed by atoms with Gasteiger partial charge in [-0.05, 0) is 48.2 Å². The molecule has 0 spiro atoms. The van der Waals surface area contributed by atoms with Crippen LogP contribution in [0.2, 0.25) is 0 Å². The van der Waals surface area contributed by atoms with Crippen molar-refractivity contribution in [2.75, 3.05) is 0 Å². The standard InChI is InChI=1S/C19H18N4O/c1-12(15-9-6-13-4-2-3-5-16(13)10-15)20-23-19(24)18-11-17(21-22-18)14-7-8-14/h2-6,9-11,14H,7-8H2,1H3,(H,21,22)(H,23,24)/b20-12+. The first-order valence-electron chi connectivity index (χ1n) is 8.10. The average molecular weight is 318 g/mol. The van der Waals surface area contributed by atoms with Gasteiger partial charge in [-0.2, -0.15) is 10.2 Å². The molecule has 1 aliphatic rings. The summed E-state index contributed by atoms with van der Waals surface area (Å²) in [5, 5.41) is 13.5. The molecule has 24 heavy (non-hydrogen) atoms. The van der Waals surface area contributed by atoms with Gasteiger partial charge in [-0.15, -0.1) is 0 Å². The van der Waals surface area contributed by atoms with E-state index in [1.165, 1.54) is 5.39 Å². The van der Waals surface area contributed by atoms with Crippen LogP contribution in [0, 0.1) is 0 Å². The summed E-state index contributed by atoms with van der Waals surface area (Å²) in [7, 11) is 0. The van der Waals surface area contributed by atoms with Crippen LogP contribution in [-0.2, 0) is 0 Å². The van der Waals surface area contributed by atoms with Crippen molar-refractivity contribution in [3.8, 4) is 0 Å². The number of hydrogen-bond acceptors (Lipinski definition) is 3. The molecule has 1 aliphatic carbocycles. The van der Waals surface area contributed by atoms with Crippen LogP contribution in [0.3, 0.4) is 0 Å². The molecule has 5 nitrogen and oxygen atoms in total. The fourth-order valence-electron chi connectivity index (χ4n) is 2.72. The Morgan fingerprint density at radius 2 is 1.96 bits per heavy atom. The van der Waals surface area contributed by atoms with Crippen molar-refractivity contribution in [2.24, 2.45) is 5.10 Å². The zero-order valence-corrected chi connectivity index (χ0v) is 13.4. The Labute approximate surface area is 139 Å². The van der Waals surface area contributed by atoms with E-state index < -0.39 is 0 Å². The third-order valence-electron chi connectivity index (χ3n) is 4.33. The number of amides is 1. The fraction of sp³-hybridized carbons (Fsp3) is 0.211. The number of fused-ring (bicyclic) bond motifs is 1. The first-order valence-corrected chi connectivity index (χ1v) is 8.10. The second-order valence-corrected chi connectivity index (χ2v) is 6.18. The number of aromatic nitrogens is 2. The van der Waals surface area contributed by atoms with E-state index in [1.54, 1.807) is 0 Å². The van der Waals surface area contributed by atoms with E-state index >= 15 is 0 Å². The van der Waals surface area contributed by atoms with E-state index in [1.807, 2.05) is 31.2 Å². The summed E-state index contributed by atoms with van der Waals surface area (Å²) in [6, 6.07) is 16.1. The number of nitrogens with zero attached hydrogens (tertiary/aromatic N) is 2. The van der Waals surface area contributed by atoms with Gasteiger partial charge in [-0.1, -0.05) is 36.4 Å². The van der Waals surface area contributed by atoms with Crippen LogP contribution in [0.15, 0.2) is 53.6 Å². The van der Waals surface area contributed by atoms with Crippen molar-refractivity contribution < 1.29 is 4.79 Å². The van der Waals surface area contributed by atoms with Gasteiger partial charge >= 0.3 is 0 Å². The third kappa shape index (κ3) is 2.93. The molecule has 1 heterocycles. The Balaban J connectivity index is 1.49. The molecule has 1 amide bonds. The number of nitrogens with one attached hydrogen (secondary N) is 2. The van der Waals surface area contributed by atoms with Crippen LogP contribution in [0.1, 0.15) is 47.4 Å². The van der Waals surface area contributed by atoms with Gasteiger partial charge in [-0.25, -0.2) is 5.43 Å². The van der Waals surface area contributed by atoms with Gasteiger partial charge < -0.3 is 0 Å². The monoisotopic (exact) mass is 318 g/mol. The third-order valence-corrected chi connectivity index (χ3v) is 4.33. The summed E-state index contributed by atoms with van der Waals surface area (Å²) in [5.74, 6) is 0.250. The van der Waals surface area contributed by atoms with E-state index in [2.05, 4.69) is 45.0 Å². The van der Waals surface area contributed by atoms with Gasteiger partial charge in [0.2, 0.25) is 0 Å². The Bertz CT molecular complexity index is 937. The highest BCUT2D eigenvalue weighted by atomic mass is 16.2. The van der Waals surface area contributed by atoms with Crippen LogP contribution < -0.4 is 5.43 Å². The van der Waals surface area contributed by atoms with Gasteiger partial charge in [0.15, 0.2) is 0 Å². The smallest absolute Gasteiger partial charge is 0.273 e. The van der Waals surface area contributed by atoms with Crippen LogP contribution in [0.25, 0.3) is 10.8 Å². The van der Waals surface area contributed by atoms with Crippen molar-refractivity contribution in [1.82, 2.24) is 15.6 Å². The van der Waals surface area contributed by atoms with E-state index in [0.29, 0.717) is 11.6 Å². The minimum Gasteiger partial charge on any atom is -0.273 e. The molecule has 2 N–H and O–H groups in total. The number of hydrogen-bond donors (Lipinski definition) is 2. The number of carbonyl (C=O) groups is 1. The Kier molecular flexibility index (Phi) is 3.61. The van der Waals surface area contributed by atoms with Crippen LogP contribution in [-0.4, -0.2) is 21.8 Å². The normalized spacial score (nSPS) is 14.8. The van der Waals surface area contributed by atoms with Crippen LogP contribution in [0.5, 0.6) is 0 Å². The highest BCUT2D eigenvalue weighted by molar-refractivity contribution is 6.03. The molecule has 1 fully saturated rings. The second-order valence-electron chi connectivity index (χ2n) is 6.18. The lowest BCUT2D eigenvalue weighted by Gasteiger charge is -2.04. The predicted octanol–water partition coefficient (Wildman–Crippen LogP) is 3.59. The molecule has 0 unspecified atom stereocenters. The molecule has 5 heteroatoms. The highest BCUT2D eigenvalue weighted by Crippen LogP contribution is 2.38. The summed E-state index contributed by atoms with van der Waals surface area (Å²) in [6.45, 7) is 1.88. The van der Waals surface area contributed by atoms with E-state index in [-0.39, 0.29) is 5.91 Å². The summed E-state index contributed by atoms with van der Waals surface area (Å²) >= 11 is 0. The van der Waals surface area contributed by atoms with E-state index in [9.17, 15) is 4.79 Å². The first kappa shape index (κ1) is 14.6. The predicted molar refractivity (Wildman–Crippen MR) is 94.2 cm³/mol. The molecule has 1 saturated carbocycles. The maximum absolute atomic E-state index is 12.2. The van der Waals surface area contributed by atoms with Crippen molar-refractivity contribution in [3.63, 3.8) is 0 Å². The average Bonchev–Trinajstić information content (AvgIpc) is 3.35. The lowest BCUT2D eigenvalue weighted by atomic mass is 10.0. The van der Waals surface area contributed by atoms with E-state index in [4.69, 9.17) is 0 Å². The minimum absolute atomic E-state index is 0.269. The molecule has 2 aromatic carbocycles. The second kappa shape index (κ2) is 5.92. The highest BCUT2D eigenvalue weighted by Gasteiger charge is 2.26. The first-order chi connectivity index (χ1) is 11.7. The maximum Gasteiger partial charge on any atom is 0.289 e. The number of aromatic amines is 1. The van der Waals surface area contributed by atoms with Crippen LogP contribution in [0.4, 0.5) is 0 Å². The Hall–Kier alpha value is -2.95. The summed E-state index contributed by atoms with van der Waals surface area (Å²) < 4.78 is 0. The van der Waals surface area contributed by atoms with Gasteiger partial charge in [-0.3, -0.25) is 9.89 Å². The minimum atomic E-state index is -0.269. The molecule has 0 aliphatic heterocycles. The lowest BCUT2D eigenvalue weighted by molar-refractivity contribution is 0.0950. The number of rotatable bonds is 4. The quantitative estimate of drug-likeness (QED) is 0.570. The maximum atomic E-state index is 12.2. The number of hydrazone groups is 1. The van der Waals surface area contributed by atoms with Gasteiger partial charge in [0.05, 0.1) is 11.4 Å². The Morgan fingerprint density at radius 1 is 1.17 bits per heavy atom. The van der Waals surface area contributed by atoms with E-state index in [0.717, 1.165) is 35.2 Å². The number of H-pyrrole nitrogens is 1. The van der Waals surface area contributed by atoms with Gasteiger partial charge in [0, 0.05) is 5.92 Å². The molecule has 1 aromatic heterocycles. The zero-order chi connectivity index (χ0) is 16.5. The van der Waals surface area contributed by atoms with Crippen molar-refractivity contribution in [2.45, 2.75) is 25.7 Å².